The van der Waals surface area contributed by atoms with Gasteiger partial charge in [-0.15, -0.1) is 0 Å². The molecule has 2 unspecified atom stereocenters. The highest BCUT2D eigenvalue weighted by atomic mass is 32.2. The van der Waals surface area contributed by atoms with Crippen molar-refractivity contribution in [3.63, 3.8) is 0 Å². The zero-order valence-electron chi connectivity index (χ0n) is 15.9. The first-order chi connectivity index (χ1) is 11.7. The first-order valence-corrected chi connectivity index (χ1v) is 11.7. The van der Waals surface area contributed by atoms with Crippen LogP contribution in [-0.4, -0.2) is 14.2 Å². The first-order valence-electron chi connectivity index (χ1n) is 9.90. The quantitative estimate of drug-likeness (QED) is 0.749. The molecule has 0 saturated heterocycles. The molecule has 0 spiro atoms. The van der Waals surface area contributed by atoms with E-state index < -0.39 is 9.84 Å². The lowest BCUT2D eigenvalue weighted by Crippen LogP contribution is -2.56. The number of sulfone groups is 1. The standard InChI is InChI=1S/C22H32O2S/c1-21(2,3)20-18-9-17-10-19(20)13-22(11-17,12-18)15-25(23,24)14-16-7-5-4-6-8-16/h4-8,17-20H,9-15H2,1-3H3. The van der Waals surface area contributed by atoms with Crippen molar-refractivity contribution in [2.24, 2.45) is 34.5 Å². The molecule has 0 aromatic heterocycles. The summed E-state index contributed by atoms with van der Waals surface area (Å²) in [5.41, 5.74) is 1.36. The second kappa shape index (κ2) is 5.84. The predicted octanol–water partition coefficient (Wildman–Crippen LogP) is 5.09. The Morgan fingerprint density at radius 1 is 1.00 bits per heavy atom. The normalized spacial score (nSPS) is 37.4. The topological polar surface area (TPSA) is 34.1 Å². The Labute approximate surface area is 153 Å². The van der Waals surface area contributed by atoms with Gasteiger partial charge < -0.3 is 0 Å². The molecule has 0 heterocycles. The third kappa shape index (κ3) is 3.41. The lowest BCUT2D eigenvalue weighted by atomic mass is 9.43. The van der Waals surface area contributed by atoms with E-state index >= 15 is 0 Å². The zero-order chi connectivity index (χ0) is 17.9. The molecule has 2 atom stereocenters. The van der Waals surface area contributed by atoms with Crippen LogP contribution in [0.25, 0.3) is 0 Å². The molecule has 4 fully saturated rings. The maximum Gasteiger partial charge on any atom is 0.154 e. The molecule has 0 N–H and O–H groups in total. The van der Waals surface area contributed by atoms with Crippen LogP contribution in [0.3, 0.4) is 0 Å². The summed E-state index contributed by atoms with van der Waals surface area (Å²) in [5, 5.41) is 0. The van der Waals surface area contributed by atoms with Crippen LogP contribution < -0.4 is 0 Å². The molecule has 3 heteroatoms. The van der Waals surface area contributed by atoms with E-state index in [4.69, 9.17) is 0 Å². The van der Waals surface area contributed by atoms with E-state index in [1.54, 1.807) is 0 Å². The van der Waals surface area contributed by atoms with Gasteiger partial charge in [-0.25, -0.2) is 8.42 Å². The minimum atomic E-state index is -3.05. The summed E-state index contributed by atoms with van der Waals surface area (Å²) < 4.78 is 25.9. The van der Waals surface area contributed by atoms with Crippen LogP contribution in [0.5, 0.6) is 0 Å². The highest BCUT2D eigenvalue weighted by Crippen LogP contribution is 2.65. The van der Waals surface area contributed by atoms with Gasteiger partial charge in [0.2, 0.25) is 0 Å². The lowest BCUT2D eigenvalue weighted by Gasteiger charge is -2.63. The van der Waals surface area contributed by atoms with Gasteiger partial charge in [0.15, 0.2) is 9.84 Å². The highest BCUT2D eigenvalue weighted by molar-refractivity contribution is 7.90. The second-order valence-corrected chi connectivity index (χ2v) is 12.4. The van der Waals surface area contributed by atoms with Crippen LogP contribution >= 0.6 is 0 Å². The summed E-state index contributed by atoms with van der Waals surface area (Å²) in [6.07, 6.45) is 6.15. The van der Waals surface area contributed by atoms with Gasteiger partial charge in [-0.2, -0.15) is 0 Å². The fourth-order valence-corrected chi connectivity index (χ4v) is 9.22. The van der Waals surface area contributed by atoms with Gasteiger partial charge in [-0.1, -0.05) is 51.1 Å². The van der Waals surface area contributed by atoms with Crippen LogP contribution in [0.15, 0.2) is 30.3 Å². The Hall–Kier alpha value is -0.830. The Kier molecular flexibility index (Phi) is 4.10. The summed E-state index contributed by atoms with van der Waals surface area (Å²) in [7, 11) is -3.05. The molecule has 0 aliphatic heterocycles. The van der Waals surface area contributed by atoms with Crippen molar-refractivity contribution in [3.05, 3.63) is 35.9 Å². The van der Waals surface area contributed by atoms with Gasteiger partial charge in [0.05, 0.1) is 11.5 Å². The lowest BCUT2D eigenvalue weighted by molar-refractivity contribution is -0.119. The van der Waals surface area contributed by atoms with Crippen molar-refractivity contribution in [2.45, 2.75) is 58.6 Å². The predicted molar refractivity (Wildman–Crippen MR) is 103 cm³/mol. The van der Waals surface area contributed by atoms with Crippen molar-refractivity contribution in [3.8, 4) is 0 Å². The van der Waals surface area contributed by atoms with Crippen molar-refractivity contribution in [1.82, 2.24) is 0 Å². The van der Waals surface area contributed by atoms with Crippen LogP contribution in [0, 0.1) is 34.5 Å². The Balaban J connectivity index is 1.54. The average molecular weight is 361 g/mol. The molecule has 2 nitrogen and oxygen atoms in total. The van der Waals surface area contributed by atoms with E-state index in [0.717, 1.165) is 48.5 Å². The third-order valence-corrected chi connectivity index (χ3v) is 8.98. The van der Waals surface area contributed by atoms with Gasteiger partial charge in [-0.05, 0) is 72.2 Å². The third-order valence-electron chi connectivity index (χ3n) is 7.16. The molecular formula is C22H32O2S. The molecule has 25 heavy (non-hydrogen) atoms. The fraction of sp³-hybridized carbons (Fsp3) is 0.727. The second-order valence-electron chi connectivity index (χ2n) is 10.4. The molecular weight excluding hydrogens is 328 g/mol. The van der Waals surface area contributed by atoms with Gasteiger partial charge in [0.25, 0.3) is 0 Å². The van der Waals surface area contributed by atoms with E-state index in [2.05, 4.69) is 20.8 Å². The number of hydrogen-bond donors (Lipinski definition) is 0. The zero-order valence-corrected chi connectivity index (χ0v) is 16.7. The minimum absolute atomic E-state index is 0.0753. The molecule has 0 radical (unpaired) electrons. The van der Waals surface area contributed by atoms with Gasteiger partial charge >= 0.3 is 0 Å². The van der Waals surface area contributed by atoms with Crippen LogP contribution in [0.1, 0.15) is 58.4 Å². The Morgan fingerprint density at radius 2 is 1.60 bits per heavy atom. The summed E-state index contributed by atoms with van der Waals surface area (Å²) in [6.45, 7) is 7.16. The largest absolute Gasteiger partial charge is 0.228 e. The van der Waals surface area contributed by atoms with E-state index in [0.29, 0.717) is 11.2 Å². The fourth-order valence-electron chi connectivity index (χ4n) is 7.13. The number of benzene rings is 1. The summed E-state index contributed by atoms with van der Waals surface area (Å²) in [6, 6.07) is 9.69. The highest BCUT2D eigenvalue weighted by Gasteiger charge is 2.58. The SMILES string of the molecule is CC(C)(C)C1C2CC3CC1CC(CS(=O)(=O)Cc1ccccc1)(C3)C2. The molecule has 4 bridgehead atoms. The molecule has 138 valence electrons. The summed E-state index contributed by atoms with van der Waals surface area (Å²) in [4.78, 5) is 0. The van der Waals surface area contributed by atoms with Gasteiger partial charge in [0.1, 0.15) is 0 Å². The number of rotatable bonds is 4. The maximum absolute atomic E-state index is 13.0. The van der Waals surface area contributed by atoms with Crippen molar-refractivity contribution >= 4 is 9.84 Å². The van der Waals surface area contributed by atoms with Crippen molar-refractivity contribution in [2.75, 3.05) is 5.75 Å². The van der Waals surface area contributed by atoms with Crippen LogP contribution in [0.4, 0.5) is 0 Å². The average Bonchev–Trinajstić information content (AvgIpc) is 2.43. The Bertz CT molecular complexity index is 713. The van der Waals surface area contributed by atoms with Gasteiger partial charge in [0, 0.05) is 0 Å². The molecule has 0 amide bonds. The minimum Gasteiger partial charge on any atom is -0.228 e. The van der Waals surface area contributed by atoms with Crippen molar-refractivity contribution in [1.29, 1.82) is 0 Å². The van der Waals surface area contributed by atoms with Crippen molar-refractivity contribution < 1.29 is 8.42 Å². The van der Waals surface area contributed by atoms with E-state index in [9.17, 15) is 8.42 Å². The van der Waals surface area contributed by atoms with Crippen LogP contribution in [0.2, 0.25) is 0 Å². The molecule has 4 aliphatic rings. The van der Waals surface area contributed by atoms with Crippen LogP contribution in [-0.2, 0) is 15.6 Å². The first kappa shape index (κ1) is 17.6. The smallest absolute Gasteiger partial charge is 0.154 e. The van der Waals surface area contributed by atoms with E-state index in [1.807, 2.05) is 30.3 Å². The maximum atomic E-state index is 13.0. The molecule has 4 saturated carbocycles. The molecule has 4 aliphatic carbocycles. The van der Waals surface area contributed by atoms with E-state index in [1.165, 1.54) is 12.8 Å². The van der Waals surface area contributed by atoms with Gasteiger partial charge in [-0.3, -0.25) is 0 Å². The van der Waals surface area contributed by atoms with E-state index in [-0.39, 0.29) is 11.2 Å². The monoisotopic (exact) mass is 360 g/mol. The molecule has 5 rings (SSSR count). The number of hydrogen-bond acceptors (Lipinski definition) is 2. The molecule has 1 aromatic carbocycles. The molecule has 1 aromatic rings. The summed E-state index contributed by atoms with van der Waals surface area (Å²) >= 11 is 0. The Morgan fingerprint density at radius 3 is 2.16 bits per heavy atom. The summed E-state index contributed by atoms with van der Waals surface area (Å²) in [5.74, 6) is 3.68.